The molecule has 0 bridgehead atoms. The van der Waals surface area contributed by atoms with Crippen molar-refractivity contribution in [2.45, 2.75) is 13.0 Å². The number of rotatable bonds is 5. The van der Waals surface area contributed by atoms with Gasteiger partial charge in [0.05, 0.1) is 24.8 Å². The predicted molar refractivity (Wildman–Crippen MR) is 64.3 cm³/mol. The number of halogens is 1. The van der Waals surface area contributed by atoms with Gasteiger partial charge in [-0.1, -0.05) is 11.6 Å². The highest BCUT2D eigenvalue weighted by Crippen LogP contribution is 2.30. The Morgan fingerprint density at radius 1 is 1.50 bits per heavy atom. The molecule has 0 saturated carbocycles. The molecule has 0 amide bonds. The molecule has 1 atom stereocenters. The van der Waals surface area contributed by atoms with Gasteiger partial charge in [0.2, 0.25) is 0 Å². The zero-order valence-electron chi connectivity index (χ0n) is 9.33. The molecular weight excluding hydrogens is 230 g/mol. The summed E-state index contributed by atoms with van der Waals surface area (Å²) < 4.78 is 5.08. The first kappa shape index (κ1) is 13.1. The van der Waals surface area contributed by atoms with Crippen molar-refractivity contribution in [3.63, 3.8) is 0 Å². The van der Waals surface area contributed by atoms with Crippen molar-refractivity contribution in [2.24, 2.45) is 0 Å². The normalized spacial score (nSPS) is 12.3. The number of benzene rings is 1. The zero-order valence-corrected chi connectivity index (χ0v) is 10.1. The van der Waals surface area contributed by atoms with Crippen LogP contribution in [0.5, 0.6) is 5.75 Å². The maximum atomic E-state index is 9.21. The Kier molecular flexibility index (Phi) is 4.86. The summed E-state index contributed by atoms with van der Waals surface area (Å²) in [5, 5.41) is 21.4. The van der Waals surface area contributed by atoms with Gasteiger partial charge in [-0.2, -0.15) is 0 Å². The van der Waals surface area contributed by atoms with Crippen LogP contribution in [-0.2, 0) is 0 Å². The SMILES string of the molecule is COc1cc(C)c(NCC(O)CO)cc1Cl. The summed E-state index contributed by atoms with van der Waals surface area (Å²) >= 11 is 5.97. The van der Waals surface area contributed by atoms with Gasteiger partial charge in [-0.3, -0.25) is 0 Å². The Labute approximate surface area is 99.8 Å². The van der Waals surface area contributed by atoms with Crippen LogP contribution < -0.4 is 10.1 Å². The van der Waals surface area contributed by atoms with Crippen LogP contribution in [0.4, 0.5) is 5.69 Å². The first-order valence-electron chi connectivity index (χ1n) is 4.95. The van der Waals surface area contributed by atoms with Gasteiger partial charge in [-0.25, -0.2) is 0 Å². The number of anilines is 1. The molecule has 0 aliphatic carbocycles. The number of aryl methyl sites for hydroxylation is 1. The lowest BCUT2D eigenvalue weighted by Gasteiger charge is -2.14. The third kappa shape index (κ3) is 3.27. The van der Waals surface area contributed by atoms with Crippen molar-refractivity contribution in [3.8, 4) is 5.75 Å². The predicted octanol–water partition coefficient (Wildman–Crippen LogP) is 1.42. The lowest BCUT2D eigenvalue weighted by Crippen LogP contribution is -2.23. The molecule has 0 aliphatic rings. The molecular formula is C11H16ClNO3. The van der Waals surface area contributed by atoms with Crippen LogP contribution in [-0.4, -0.2) is 36.6 Å². The molecule has 3 N–H and O–H groups in total. The minimum Gasteiger partial charge on any atom is -0.495 e. The Morgan fingerprint density at radius 2 is 2.19 bits per heavy atom. The molecule has 0 fully saturated rings. The molecule has 1 aromatic rings. The second kappa shape index (κ2) is 5.94. The maximum Gasteiger partial charge on any atom is 0.137 e. The van der Waals surface area contributed by atoms with Gasteiger partial charge in [0.15, 0.2) is 0 Å². The minimum absolute atomic E-state index is 0.268. The van der Waals surface area contributed by atoms with Crippen LogP contribution in [0.2, 0.25) is 5.02 Å². The van der Waals surface area contributed by atoms with Gasteiger partial charge < -0.3 is 20.3 Å². The van der Waals surface area contributed by atoms with Crippen LogP contribution in [0.3, 0.4) is 0 Å². The van der Waals surface area contributed by atoms with E-state index in [1.807, 2.05) is 13.0 Å². The number of ether oxygens (including phenoxy) is 1. The number of methoxy groups -OCH3 is 1. The first-order valence-corrected chi connectivity index (χ1v) is 5.33. The summed E-state index contributed by atoms with van der Waals surface area (Å²) in [5.74, 6) is 0.618. The summed E-state index contributed by atoms with van der Waals surface area (Å²) in [4.78, 5) is 0. The smallest absolute Gasteiger partial charge is 0.137 e. The fourth-order valence-electron chi connectivity index (χ4n) is 1.29. The van der Waals surface area contributed by atoms with Gasteiger partial charge in [0, 0.05) is 12.2 Å². The monoisotopic (exact) mass is 245 g/mol. The third-order valence-corrected chi connectivity index (χ3v) is 2.53. The van der Waals surface area contributed by atoms with Gasteiger partial charge in [-0.15, -0.1) is 0 Å². The van der Waals surface area contributed by atoms with Crippen LogP contribution >= 0.6 is 11.6 Å². The molecule has 0 aliphatic heterocycles. The highest BCUT2D eigenvalue weighted by Gasteiger charge is 2.07. The van der Waals surface area contributed by atoms with Crippen LogP contribution in [0.15, 0.2) is 12.1 Å². The molecule has 0 aromatic heterocycles. The van der Waals surface area contributed by atoms with E-state index in [1.165, 1.54) is 0 Å². The van der Waals surface area contributed by atoms with E-state index in [-0.39, 0.29) is 13.2 Å². The first-order chi connectivity index (χ1) is 7.58. The highest BCUT2D eigenvalue weighted by molar-refractivity contribution is 6.32. The average Bonchev–Trinajstić information content (AvgIpc) is 2.29. The summed E-state index contributed by atoms with van der Waals surface area (Å²) in [6.45, 7) is 1.92. The summed E-state index contributed by atoms with van der Waals surface area (Å²) in [5.41, 5.74) is 1.78. The fourth-order valence-corrected chi connectivity index (χ4v) is 1.54. The van der Waals surface area contributed by atoms with Crippen LogP contribution in [0.1, 0.15) is 5.56 Å². The number of nitrogens with one attached hydrogen (secondary N) is 1. The maximum absolute atomic E-state index is 9.21. The second-order valence-corrected chi connectivity index (χ2v) is 3.93. The lowest BCUT2D eigenvalue weighted by molar-refractivity contribution is 0.105. The Morgan fingerprint density at radius 3 is 2.75 bits per heavy atom. The van der Waals surface area contributed by atoms with E-state index in [0.717, 1.165) is 11.3 Å². The molecule has 5 heteroatoms. The number of aliphatic hydroxyl groups is 2. The lowest BCUT2D eigenvalue weighted by atomic mass is 10.2. The van der Waals surface area contributed by atoms with Crippen molar-refractivity contribution < 1.29 is 14.9 Å². The Bertz CT molecular complexity index is 357. The van der Waals surface area contributed by atoms with E-state index in [0.29, 0.717) is 10.8 Å². The van der Waals surface area contributed by atoms with E-state index in [9.17, 15) is 5.11 Å². The largest absolute Gasteiger partial charge is 0.495 e. The van der Waals surface area contributed by atoms with E-state index in [4.69, 9.17) is 21.4 Å². The van der Waals surface area contributed by atoms with Crippen molar-refractivity contribution in [1.29, 1.82) is 0 Å². The Hall–Kier alpha value is -0.970. The number of hydrogen-bond acceptors (Lipinski definition) is 4. The molecule has 90 valence electrons. The highest BCUT2D eigenvalue weighted by atomic mass is 35.5. The summed E-state index contributed by atoms with van der Waals surface area (Å²) in [7, 11) is 1.56. The minimum atomic E-state index is -0.778. The number of aliphatic hydroxyl groups excluding tert-OH is 2. The van der Waals surface area contributed by atoms with Gasteiger partial charge in [0.25, 0.3) is 0 Å². The van der Waals surface area contributed by atoms with E-state index >= 15 is 0 Å². The van der Waals surface area contributed by atoms with E-state index < -0.39 is 6.10 Å². The summed E-state index contributed by atoms with van der Waals surface area (Å²) in [6.07, 6.45) is -0.778. The standard InChI is InChI=1S/C11H16ClNO3/c1-7-3-11(16-2)9(12)4-10(7)13-5-8(15)6-14/h3-4,8,13-15H,5-6H2,1-2H3. The zero-order chi connectivity index (χ0) is 12.1. The second-order valence-electron chi connectivity index (χ2n) is 3.52. The topological polar surface area (TPSA) is 61.7 Å². The molecule has 1 aromatic carbocycles. The molecule has 16 heavy (non-hydrogen) atoms. The van der Waals surface area contributed by atoms with Crippen molar-refractivity contribution in [2.75, 3.05) is 25.6 Å². The molecule has 0 heterocycles. The Balaban J connectivity index is 2.77. The number of hydrogen-bond donors (Lipinski definition) is 3. The molecule has 1 rings (SSSR count). The van der Waals surface area contributed by atoms with Crippen LogP contribution in [0, 0.1) is 6.92 Å². The van der Waals surface area contributed by atoms with Crippen molar-refractivity contribution in [3.05, 3.63) is 22.7 Å². The van der Waals surface area contributed by atoms with Crippen molar-refractivity contribution >= 4 is 17.3 Å². The van der Waals surface area contributed by atoms with E-state index in [2.05, 4.69) is 5.32 Å². The quantitative estimate of drug-likeness (QED) is 0.734. The molecule has 0 spiro atoms. The summed E-state index contributed by atoms with van der Waals surface area (Å²) in [6, 6.07) is 3.55. The van der Waals surface area contributed by atoms with Gasteiger partial charge in [-0.05, 0) is 24.6 Å². The molecule has 1 unspecified atom stereocenters. The van der Waals surface area contributed by atoms with E-state index in [1.54, 1.807) is 13.2 Å². The molecule has 0 saturated heterocycles. The van der Waals surface area contributed by atoms with Crippen molar-refractivity contribution in [1.82, 2.24) is 0 Å². The average molecular weight is 246 g/mol. The van der Waals surface area contributed by atoms with Gasteiger partial charge >= 0.3 is 0 Å². The fraction of sp³-hybridized carbons (Fsp3) is 0.455. The molecule has 0 radical (unpaired) electrons. The van der Waals surface area contributed by atoms with Gasteiger partial charge in [0.1, 0.15) is 5.75 Å². The van der Waals surface area contributed by atoms with Crippen LogP contribution in [0.25, 0.3) is 0 Å². The third-order valence-electron chi connectivity index (χ3n) is 2.24. The molecule has 4 nitrogen and oxygen atoms in total.